The van der Waals surface area contributed by atoms with E-state index in [0.29, 0.717) is 11.6 Å². The number of aromatic nitrogens is 2. The molecule has 2 N–H and O–H groups in total. The van der Waals surface area contributed by atoms with Gasteiger partial charge in [0.2, 0.25) is 5.91 Å². The number of carbonyl (C=O) groups is 1. The molecule has 0 aliphatic carbocycles. The summed E-state index contributed by atoms with van der Waals surface area (Å²) in [5.41, 5.74) is 2.10. The minimum absolute atomic E-state index is 0.148. The van der Waals surface area contributed by atoms with Crippen LogP contribution >= 0.6 is 0 Å². The van der Waals surface area contributed by atoms with Crippen LogP contribution in [-0.4, -0.2) is 36.9 Å². The van der Waals surface area contributed by atoms with Gasteiger partial charge in [-0.25, -0.2) is 0 Å². The zero-order valence-corrected chi connectivity index (χ0v) is 16.5. The summed E-state index contributed by atoms with van der Waals surface area (Å²) in [4.78, 5) is 12.2. The Labute approximate surface area is 170 Å². The molecule has 0 aliphatic rings. The molecular weight excluding hydrogens is 368 g/mol. The normalized spacial score (nSPS) is 10.3. The first kappa shape index (κ1) is 20.1. The van der Waals surface area contributed by atoms with E-state index in [9.17, 15) is 4.79 Å². The summed E-state index contributed by atoms with van der Waals surface area (Å²) in [5.74, 6) is 2.54. The highest BCUT2D eigenvalue weighted by atomic mass is 16.5. The summed E-state index contributed by atoms with van der Waals surface area (Å²) < 4.78 is 10.3. The number of methoxy groups -OCH3 is 2. The Morgan fingerprint density at radius 3 is 1.90 bits per heavy atom. The van der Waals surface area contributed by atoms with Crippen LogP contribution in [0.3, 0.4) is 0 Å². The van der Waals surface area contributed by atoms with Crippen LogP contribution in [0.2, 0.25) is 0 Å². The molecule has 150 valence electrons. The van der Waals surface area contributed by atoms with E-state index < -0.39 is 0 Å². The second kappa shape index (κ2) is 10.1. The van der Waals surface area contributed by atoms with E-state index in [0.717, 1.165) is 30.0 Å². The lowest BCUT2D eigenvalue weighted by molar-refractivity contribution is -0.115. The Bertz CT molecular complexity index is 910. The highest BCUT2D eigenvalue weighted by Crippen LogP contribution is 2.14. The number of nitrogens with one attached hydrogen (secondary N) is 2. The van der Waals surface area contributed by atoms with Crippen LogP contribution in [0.15, 0.2) is 60.7 Å². The second-order valence-corrected chi connectivity index (χ2v) is 6.40. The summed E-state index contributed by atoms with van der Waals surface area (Å²) in [5, 5.41) is 14.1. The van der Waals surface area contributed by atoms with E-state index in [-0.39, 0.29) is 12.3 Å². The molecule has 0 radical (unpaired) electrons. The first-order valence-electron chi connectivity index (χ1n) is 9.29. The van der Waals surface area contributed by atoms with Crippen molar-refractivity contribution < 1.29 is 14.3 Å². The van der Waals surface area contributed by atoms with E-state index in [2.05, 4.69) is 20.8 Å². The molecular formula is C22H24N4O3. The van der Waals surface area contributed by atoms with Crippen molar-refractivity contribution >= 4 is 17.5 Å². The maximum Gasteiger partial charge on any atom is 0.229 e. The van der Waals surface area contributed by atoms with Gasteiger partial charge in [-0.1, -0.05) is 24.3 Å². The van der Waals surface area contributed by atoms with Crippen LogP contribution in [0.25, 0.3) is 0 Å². The lowest BCUT2D eigenvalue weighted by Gasteiger charge is -2.08. The van der Waals surface area contributed by atoms with Crippen LogP contribution in [0.4, 0.5) is 11.6 Å². The van der Waals surface area contributed by atoms with Gasteiger partial charge in [0, 0.05) is 6.54 Å². The SMILES string of the molecule is COc1ccc(CCNc2ccc(NC(=O)Cc3ccc(OC)cc3)nn2)cc1. The van der Waals surface area contributed by atoms with E-state index in [1.165, 1.54) is 5.56 Å². The molecule has 0 saturated heterocycles. The third-order valence-corrected chi connectivity index (χ3v) is 4.33. The van der Waals surface area contributed by atoms with E-state index in [1.807, 2.05) is 48.5 Å². The van der Waals surface area contributed by atoms with E-state index in [1.54, 1.807) is 26.4 Å². The molecule has 1 amide bonds. The van der Waals surface area contributed by atoms with Crippen molar-refractivity contribution in [3.05, 3.63) is 71.8 Å². The first-order valence-corrected chi connectivity index (χ1v) is 9.29. The van der Waals surface area contributed by atoms with Crippen molar-refractivity contribution in [2.45, 2.75) is 12.8 Å². The van der Waals surface area contributed by atoms with Gasteiger partial charge < -0.3 is 20.1 Å². The van der Waals surface area contributed by atoms with Crippen molar-refractivity contribution in [1.82, 2.24) is 10.2 Å². The third kappa shape index (κ3) is 6.21. The Kier molecular flexibility index (Phi) is 7.00. The van der Waals surface area contributed by atoms with Crippen molar-refractivity contribution in [1.29, 1.82) is 0 Å². The van der Waals surface area contributed by atoms with Crippen molar-refractivity contribution in [3.63, 3.8) is 0 Å². The Balaban J connectivity index is 1.44. The molecule has 7 nitrogen and oxygen atoms in total. The Hall–Kier alpha value is -3.61. The molecule has 7 heteroatoms. The number of carbonyl (C=O) groups excluding carboxylic acids is 1. The molecule has 29 heavy (non-hydrogen) atoms. The molecule has 0 saturated carbocycles. The van der Waals surface area contributed by atoms with Gasteiger partial charge in [0.05, 0.1) is 20.6 Å². The summed E-state index contributed by atoms with van der Waals surface area (Å²) in [6.07, 6.45) is 1.11. The number of benzene rings is 2. The summed E-state index contributed by atoms with van der Waals surface area (Å²) in [7, 11) is 3.26. The predicted molar refractivity (Wildman–Crippen MR) is 113 cm³/mol. The fraction of sp³-hybridized carbons (Fsp3) is 0.227. The van der Waals surface area contributed by atoms with Crippen LogP contribution in [-0.2, 0) is 17.6 Å². The standard InChI is InChI=1S/C22H24N4O3/c1-28-18-7-3-16(4-8-18)13-14-23-20-11-12-21(26-25-20)24-22(27)15-17-5-9-19(29-2)10-6-17/h3-12H,13-15H2,1-2H3,(H,23,25)(H,24,26,27). The van der Waals surface area contributed by atoms with Crippen molar-refractivity contribution in [3.8, 4) is 11.5 Å². The van der Waals surface area contributed by atoms with Crippen molar-refractivity contribution in [2.24, 2.45) is 0 Å². The maximum atomic E-state index is 12.2. The van der Waals surface area contributed by atoms with Crippen LogP contribution in [0, 0.1) is 0 Å². The van der Waals surface area contributed by atoms with Crippen LogP contribution in [0.1, 0.15) is 11.1 Å². The summed E-state index contributed by atoms with van der Waals surface area (Å²) >= 11 is 0. The molecule has 0 unspecified atom stereocenters. The second-order valence-electron chi connectivity index (χ2n) is 6.40. The van der Waals surface area contributed by atoms with Crippen LogP contribution < -0.4 is 20.1 Å². The molecule has 0 bridgehead atoms. The Morgan fingerprint density at radius 2 is 1.34 bits per heavy atom. The minimum Gasteiger partial charge on any atom is -0.497 e. The highest BCUT2D eigenvalue weighted by Gasteiger charge is 2.06. The van der Waals surface area contributed by atoms with Gasteiger partial charge in [-0.15, -0.1) is 10.2 Å². The summed E-state index contributed by atoms with van der Waals surface area (Å²) in [6, 6.07) is 18.9. The lowest BCUT2D eigenvalue weighted by atomic mass is 10.1. The molecule has 0 aliphatic heterocycles. The lowest BCUT2D eigenvalue weighted by Crippen LogP contribution is -2.16. The van der Waals surface area contributed by atoms with E-state index >= 15 is 0 Å². The number of anilines is 2. The molecule has 0 spiro atoms. The van der Waals surface area contributed by atoms with Gasteiger partial charge in [-0.05, 0) is 53.9 Å². The number of rotatable bonds is 9. The quantitative estimate of drug-likeness (QED) is 0.581. The first-order chi connectivity index (χ1) is 14.2. The summed E-state index contributed by atoms with van der Waals surface area (Å²) in [6.45, 7) is 0.726. The fourth-order valence-electron chi connectivity index (χ4n) is 2.74. The van der Waals surface area contributed by atoms with Gasteiger partial charge in [-0.3, -0.25) is 4.79 Å². The monoisotopic (exact) mass is 392 g/mol. The number of nitrogens with zero attached hydrogens (tertiary/aromatic N) is 2. The third-order valence-electron chi connectivity index (χ3n) is 4.33. The van der Waals surface area contributed by atoms with Gasteiger partial charge in [0.15, 0.2) is 5.82 Å². The van der Waals surface area contributed by atoms with Gasteiger partial charge >= 0.3 is 0 Å². The molecule has 0 fully saturated rings. The number of hydrogen-bond acceptors (Lipinski definition) is 6. The number of amides is 1. The van der Waals surface area contributed by atoms with E-state index in [4.69, 9.17) is 9.47 Å². The van der Waals surface area contributed by atoms with Gasteiger partial charge in [0.25, 0.3) is 0 Å². The Morgan fingerprint density at radius 1 is 0.793 bits per heavy atom. The largest absolute Gasteiger partial charge is 0.497 e. The minimum atomic E-state index is -0.148. The molecule has 1 heterocycles. The molecule has 3 aromatic rings. The average molecular weight is 392 g/mol. The number of hydrogen-bond donors (Lipinski definition) is 2. The van der Waals surface area contributed by atoms with Crippen LogP contribution in [0.5, 0.6) is 11.5 Å². The zero-order chi connectivity index (χ0) is 20.5. The fourth-order valence-corrected chi connectivity index (χ4v) is 2.74. The molecule has 2 aromatic carbocycles. The number of ether oxygens (including phenoxy) is 2. The predicted octanol–water partition coefficient (Wildman–Crippen LogP) is 3.33. The maximum absolute atomic E-state index is 12.2. The van der Waals surface area contributed by atoms with Gasteiger partial charge in [0.1, 0.15) is 17.3 Å². The van der Waals surface area contributed by atoms with Gasteiger partial charge in [-0.2, -0.15) is 0 Å². The highest BCUT2D eigenvalue weighted by molar-refractivity contribution is 5.91. The topological polar surface area (TPSA) is 85.4 Å². The zero-order valence-electron chi connectivity index (χ0n) is 16.5. The molecule has 0 atom stereocenters. The van der Waals surface area contributed by atoms with Crippen molar-refractivity contribution in [2.75, 3.05) is 31.4 Å². The molecule has 3 rings (SSSR count). The average Bonchev–Trinajstić information content (AvgIpc) is 2.76. The molecule has 1 aromatic heterocycles. The smallest absolute Gasteiger partial charge is 0.229 e.